The molecule has 0 amide bonds. The summed E-state index contributed by atoms with van der Waals surface area (Å²) in [6, 6.07) is 0. The van der Waals surface area contributed by atoms with Crippen LogP contribution >= 0.6 is 11.8 Å². The van der Waals surface area contributed by atoms with Crippen LogP contribution in [0.3, 0.4) is 0 Å². The molecule has 9 heavy (non-hydrogen) atoms. The smallest absolute Gasteiger partial charge is 0.0138 e. The van der Waals surface area contributed by atoms with Crippen LogP contribution in [0.1, 0.15) is 39.0 Å². The normalized spacial score (nSPS) is 24.3. The van der Waals surface area contributed by atoms with E-state index in [1.54, 1.807) is 0 Å². The molecule has 54 valence electrons. The van der Waals surface area contributed by atoms with Gasteiger partial charge in [-0.05, 0) is 6.42 Å². The van der Waals surface area contributed by atoms with E-state index in [9.17, 15) is 0 Å². The highest BCUT2D eigenvalue weighted by Crippen LogP contribution is 2.34. The lowest BCUT2D eigenvalue weighted by molar-refractivity contribution is 0.643. The molecule has 1 fully saturated rings. The number of rotatable bonds is 5. The van der Waals surface area contributed by atoms with Gasteiger partial charge in [-0.25, -0.2) is 0 Å². The Hall–Kier alpha value is 0.350. The van der Waals surface area contributed by atoms with E-state index < -0.39 is 0 Å². The quantitative estimate of drug-likeness (QED) is 0.422. The Morgan fingerprint density at radius 3 is 2.67 bits per heavy atom. The summed E-state index contributed by atoms with van der Waals surface area (Å²) in [5, 5.41) is 1.07. The second-order valence-electron chi connectivity index (χ2n) is 2.80. The predicted octanol–water partition coefficient (Wildman–Crippen LogP) is 3.07. The maximum absolute atomic E-state index is 2.27. The molecule has 1 saturated heterocycles. The van der Waals surface area contributed by atoms with Crippen LogP contribution < -0.4 is 0 Å². The summed E-state index contributed by atoms with van der Waals surface area (Å²) in [6.07, 6.45) is 7.25. The fraction of sp³-hybridized carbons (Fsp3) is 1.00. The van der Waals surface area contributed by atoms with E-state index in [0.717, 1.165) is 5.25 Å². The van der Waals surface area contributed by atoms with Gasteiger partial charge in [0.15, 0.2) is 0 Å². The van der Waals surface area contributed by atoms with Crippen LogP contribution in [0.15, 0.2) is 0 Å². The van der Waals surface area contributed by atoms with Gasteiger partial charge in [-0.1, -0.05) is 32.6 Å². The number of hydrogen-bond donors (Lipinski definition) is 0. The molecule has 0 aromatic heterocycles. The van der Waals surface area contributed by atoms with Crippen molar-refractivity contribution in [2.45, 2.75) is 44.3 Å². The van der Waals surface area contributed by atoms with Crippen LogP contribution in [0.5, 0.6) is 0 Å². The molecular weight excluding hydrogens is 128 g/mol. The molecule has 0 bridgehead atoms. The topological polar surface area (TPSA) is 0 Å². The average Bonchev–Trinajstić information content (AvgIpc) is 2.63. The highest BCUT2D eigenvalue weighted by Gasteiger charge is 2.20. The Kier molecular flexibility index (Phi) is 3.49. The lowest BCUT2D eigenvalue weighted by Gasteiger charge is -1.94. The molecule has 1 unspecified atom stereocenters. The van der Waals surface area contributed by atoms with Crippen molar-refractivity contribution in [1.82, 2.24) is 0 Å². The number of unbranched alkanes of at least 4 members (excludes halogenated alkanes) is 3. The standard InChI is InChI=1S/C8H16S/c1-2-3-4-5-6-8-7-9-8/h8H,2-7H2,1H3. The zero-order valence-corrected chi connectivity index (χ0v) is 7.04. The van der Waals surface area contributed by atoms with Crippen LogP contribution in [0.2, 0.25) is 0 Å². The van der Waals surface area contributed by atoms with Crippen LogP contribution in [-0.2, 0) is 0 Å². The van der Waals surface area contributed by atoms with Gasteiger partial charge in [-0.15, -0.1) is 0 Å². The van der Waals surface area contributed by atoms with Gasteiger partial charge in [-0.2, -0.15) is 11.8 Å². The van der Waals surface area contributed by atoms with Gasteiger partial charge < -0.3 is 0 Å². The Balaban J connectivity index is 1.71. The molecule has 0 aromatic carbocycles. The first-order valence-corrected chi connectivity index (χ1v) is 5.10. The third-order valence-corrected chi connectivity index (χ3v) is 2.82. The number of thioether (sulfide) groups is 1. The van der Waals surface area contributed by atoms with Gasteiger partial charge >= 0.3 is 0 Å². The van der Waals surface area contributed by atoms with Crippen LogP contribution in [-0.4, -0.2) is 11.0 Å². The lowest BCUT2D eigenvalue weighted by Crippen LogP contribution is -1.82. The van der Waals surface area contributed by atoms with E-state index in [1.165, 1.54) is 37.9 Å². The summed E-state index contributed by atoms with van der Waals surface area (Å²) in [6.45, 7) is 2.27. The third-order valence-electron chi connectivity index (χ3n) is 1.78. The predicted molar refractivity (Wildman–Crippen MR) is 45.0 cm³/mol. The fourth-order valence-corrected chi connectivity index (χ4v) is 1.67. The molecule has 0 spiro atoms. The van der Waals surface area contributed by atoms with Crippen molar-refractivity contribution < 1.29 is 0 Å². The Morgan fingerprint density at radius 1 is 1.33 bits per heavy atom. The first-order chi connectivity index (χ1) is 4.43. The summed E-state index contributed by atoms with van der Waals surface area (Å²) < 4.78 is 0. The summed E-state index contributed by atoms with van der Waals surface area (Å²) >= 11 is 2.13. The zero-order valence-electron chi connectivity index (χ0n) is 6.23. The lowest BCUT2D eigenvalue weighted by atomic mass is 10.1. The summed E-state index contributed by atoms with van der Waals surface area (Å²) in [5.41, 5.74) is 0. The van der Waals surface area contributed by atoms with E-state index in [-0.39, 0.29) is 0 Å². The van der Waals surface area contributed by atoms with E-state index in [4.69, 9.17) is 0 Å². The van der Waals surface area contributed by atoms with E-state index in [0.29, 0.717) is 0 Å². The molecule has 0 radical (unpaired) electrons. The zero-order chi connectivity index (χ0) is 6.53. The van der Waals surface area contributed by atoms with Crippen molar-refractivity contribution in [2.24, 2.45) is 0 Å². The van der Waals surface area contributed by atoms with Crippen LogP contribution in [0.4, 0.5) is 0 Å². The highest BCUT2D eigenvalue weighted by molar-refractivity contribution is 8.06. The highest BCUT2D eigenvalue weighted by atomic mass is 32.2. The van der Waals surface area contributed by atoms with Gasteiger partial charge in [0, 0.05) is 11.0 Å². The van der Waals surface area contributed by atoms with E-state index >= 15 is 0 Å². The van der Waals surface area contributed by atoms with Crippen molar-refractivity contribution in [1.29, 1.82) is 0 Å². The molecule has 1 aliphatic heterocycles. The molecule has 1 aliphatic rings. The minimum Gasteiger partial charge on any atom is -0.157 e. The van der Waals surface area contributed by atoms with E-state index in [2.05, 4.69) is 18.7 Å². The van der Waals surface area contributed by atoms with Gasteiger partial charge in [-0.3, -0.25) is 0 Å². The average molecular weight is 144 g/mol. The van der Waals surface area contributed by atoms with Crippen LogP contribution in [0, 0.1) is 0 Å². The maximum atomic E-state index is 2.27. The van der Waals surface area contributed by atoms with Crippen molar-refractivity contribution in [3.63, 3.8) is 0 Å². The van der Waals surface area contributed by atoms with Gasteiger partial charge in [0.2, 0.25) is 0 Å². The van der Waals surface area contributed by atoms with Gasteiger partial charge in [0.1, 0.15) is 0 Å². The molecule has 0 nitrogen and oxygen atoms in total. The third kappa shape index (κ3) is 3.85. The van der Waals surface area contributed by atoms with Crippen molar-refractivity contribution in [3.8, 4) is 0 Å². The molecule has 0 aliphatic carbocycles. The fourth-order valence-electron chi connectivity index (χ4n) is 1.03. The maximum Gasteiger partial charge on any atom is 0.0138 e. The molecule has 1 atom stereocenters. The van der Waals surface area contributed by atoms with Crippen molar-refractivity contribution >= 4 is 11.8 Å². The van der Waals surface area contributed by atoms with Crippen molar-refractivity contribution in [3.05, 3.63) is 0 Å². The largest absolute Gasteiger partial charge is 0.157 e. The number of hydrogen-bond acceptors (Lipinski definition) is 1. The first kappa shape index (κ1) is 7.46. The molecule has 1 heteroatoms. The summed E-state index contributed by atoms with van der Waals surface area (Å²) in [4.78, 5) is 0. The molecule has 0 saturated carbocycles. The molecule has 1 rings (SSSR count). The Morgan fingerprint density at radius 2 is 2.11 bits per heavy atom. The second-order valence-corrected chi connectivity index (χ2v) is 4.14. The summed E-state index contributed by atoms with van der Waals surface area (Å²) in [5.74, 6) is 1.45. The van der Waals surface area contributed by atoms with Gasteiger partial charge in [0.05, 0.1) is 0 Å². The Bertz CT molecular complexity index is 67.0. The molecule has 0 N–H and O–H groups in total. The monoisotopic (exact) mass is 144 g/mol. The SMILES string of the molecule is CCCCCCC1CS1. The van der Waals surface area contributed by atoms with E-state index in [1.807, 2.05) is 0 Å². The molecular formula is C8H16S. The minimum atomic E-state index is 1.07. The van der Waals surface area contributed by atoms with Crippen LogP contribution in [0.25, 0.3) is 0 Å². The molecule has 0 aromatic rings. The molecule has 1 heterocycles. The first-order valence-electron chi connectivity index (χ1n) is 4.05. The Labute approximate surface area is 62.4 Å². The minimum absolute atomic E-state index is 1.07. The van der Waals surface area contributed by atoms with Crippen molar-refractivity contribution in [2.75, 3.05) is 5.75 Å². The van der Waals surface area contributed by atoms with Gasteiger partial charge in [0.25, 0.3) is 0 Å². The summed E-state index contributed by atoms with van der Waals surface area (Å²) in [7, 11) is 0. The second kappa shape index (κ2) is 4.21.